The molecule has 1 aromatic heterocycles. The lowest BCUT2D eigenvalue weighted by atomic mass is 10.1. The Morgan fingerprint density at radius 3 is 2.56 bits per heavy atom. The van der Waals surface area contributed by atoms with Crippen LogP contribution in [0.1, 0.15) is 20.8 Å². The van der Waals surface area contributed by atoms with Crippen molar-refractivity contribution in [2.45, 2.75) is 6.54 Å². The summed E-state index contributed by atoms with van der Waals surface area (Å²) in [5, 5.41) is 2.03. The lowest BCUT2D eigenvalue weighted by molar-refractivity contribution is -0.123. The number of carbonyl (C=O) groups is 3. The van der Waals surface area contributed by atoms with Crippen LogP contribution in [0.2, 0.25) is 5.02 Å². The Kier molecular flexibility index (Phi) is 6.64. The third kappa shape index (κ3) is 4.88. The average molecular weight is 486 g/mol. The first-order valence-electron chi connectivity index (χ1n) is 9.38. The molecule has 3 aromatic rings. The molecule has 0 bridgehead atoms. The summed E-state index contributed by atoms with van der Waals surface area (Å²) in [5.41, 5.74) is 1.44. The summed E-state index contributed by atoms with van der Waals surface area (Å²) in [6.07, 6.45) is 1.61. The fourth-order valence-corrected chi connectivity index (χ4v) is 4.53. The van der Waals surface area contributed by atoms with Gasteiger partial charge < -0.3 is 9.47 Å². The molecule has 0 spiro atoms. The van der Waals surface area contributed by atoms with Gasteiger partial charge in [0, 0.05) is 5.02 Å². The van der Waals surface area contributed by atoms with Gasteiger partial charge in [0.1, 0.15) is 4.88 Å². The predicted octanol–water partition coefficient (Wildman–Crippen LogP) is 5.87. The zero-order valence-electron chi connectivity index (χ0n) is 16.7. The molecule has 6 nitrogen and oxygen atoms in total. The third-order valence-electron chi connectivity index (χ3n) is 4.54. The van der Waals surface area contributed by atoms with Crippen LogP contribution in [-0.2, 0) is 11.3 Å². The van der Waals surface area contributed by atoms with E-state index in [9.17, 15) is 14.4 Å². The second kappa shape index (κ2) is 9.60. The van der Waals surface area contributed by atoms with Gasteiger partial charge in [-0.2, -0.15) is 0 Å². The summed E-state index contributed by atoms with van der Waals surface area (Å²) in [7, 11) is 1.46. The van der Waals surface area contributed by atoms with Crippen LogP contribution >= 0.6 is 34.7 Å². The van der Waals surface area contributed by atoms with Crippen LogP contribution in [0.15, 0.2) is 64.9 Å². The van der Waals surface area contributed by atoms with E-state index in [1.54, 1.807) is 66.1 Å². The largest absolute Gasteiger partial charge is 0.493 e. The number of ether oxygens (including phenoxy) is 2. The van der Waals surface area contributed by atoms with Crippen molar-refractivity contribution in [3.63, 3.8) is 0 Å². The molecule has 9 heteroatoms. The summed E-state index contributed by atoms with van der Waals surface area (Å²) in [6.45, 7) is 0.167. The minimum atomic E-state index is -0.477. The normalized spacial score (nSPS) is 14.8. The van der Waals surface area contributed by atoms with E-state index in [2.05, 4.69) is 0 Å². The Morgan fingerprint density at radius 1 is 1.09 bits per heavy atom. The number of thiophene rings is 1. The Morgan fingerprint density at radius 2 is 1.88 bits per heavy atom. The van der Waals surface area contributed by atoms with Crippen molar-refractivity contribution in [3.8, 4) is 11.5 Å². The zero-order valence-corrected chi connectivity index (χ0v) is 19.1. The maximum atomic E-state index is 12.8. The molecule has 2 heterocycles. The van der Waals surface area contributed by atoms with E-state index in [0.29, 0.717) is 26.1 Å². The second-order valence-corrected chi connectivity index (χ2v) is 9.05. The van der Waals surface area contributed by atoms with Crippen molar-refractivity contribution in [1.82, 2.24) is 4.90 Å². The number of halogens is 1. The minimum Gasteiger partial charge on any atom is -0.493 e. The topological polar surface area (TPSA) is 72.9 Å². The van der Waals surface area contributed by atoms with Crippen LogP contribution in [0.25, 0.3) is 6.08 Å². The highest BCUT2D eigenvalue weighted by Crippen LogP contribution is 2.35. The van der Waals surface area contributed by atoms with Crippen LogP contribution in [0.4, 0.5) is 4.79 Å². The van der Waals surface area contributed by atoms with Gasteiger partial charge in [0.25, 0.3) is 11.1 Å². The standard InChI is InChI=1S/C23H16ClNO5S2/c1-29-18-11-15(6-9-17(18)30-22(27)19-3-2-10-31-19)12-20-21(26)25(23(28)32-20)13-14-4-7-16(24)8-5-14/h2-12H,13H2,1H3/b20-12-. The Labute approximate surface area is 197 Å². The monoisotopic (exact) mass is 485 g/mol. The van der Waals surface area contributed by atoms with Crippen molar-refractivity contribution in [2.24, 2.45) is 0 Å². The molecule has 0 N–H and O–H groups in total. The van der Waals surface area contributed by atoms with Gasteiger partial charge in [0.15, 0.2) is 11.5 Å². The highest BCUT2D eigenvalue weighted by molar-refractivity contribution is 8.18. The summed E-state index contributed by atoms with van der Waals surface area (Å²) < 4.78 is 10.8. The van der Waals surface area contributed by atoms with Crippen LogP contribution in [0.3, 0.4) is 0 Å². The molecule has 0 saturated carbocycles. The van der Waals surface area contributed by atoms with Crippen molar-refractivity contribution in [1.29, 1.82) is 0 Å². The van der Waals surface area contributed by atoms with Crippen LogP contribution in [-0.4, -0.2) is 29.1 Å². The lowest BCUT2D eigenvalue weighted by Crippen LogP contribution is -2.27. The Hall–Kier alpha value is -3.07. The molecular formula is C23H16ClNO5S2. The summed E-state index contributed by atoms with van der Waals surface area (Å²) in [4.78, 5) is 39.3. The van der Waals surface area contributed by atoms with E-state index in [-0.39, 0.29) is 23.4 Å². The van der Waals surface area contributed by atoms with Crippen LogP contribution in [0.5, 0.6) is 11.5 Å². The molecule has 32 heavy (non-hydrogen) atoms. The first kappa shape index (κ1) is 22.1. The molecule has 4 rings (SSSR count). The van der Waals surface area contributed by atoms with Gasteiger partial charge in [-0.1, -0.05) is 35.9 Å². The van der Waals surface area contributed by atoms with Crippen molar-refractivity contribution in [3.05, 3.63) is 85.9 Å². The summed E-state index contributed by atoms with van der Waals surface area (Å²) in [5.74, 6) is -0.251. The highest BCUT2D eigenvalue weighted by Gasteiger charge is 2.35. The van der Waals surface area contributed by atoms with E-state index >= 15 is 0 Å². The zero-order chi connectivity index (χ0) is 22.7. The fourth-order valence-electron chi connectivity index (χ4n) is 2.96. The van der Waals surface area contributed by atoms with Gasteiger partial charge in [-0.05, 0) is 64.7 Å². The molecule has 162 valence electrons. The smallest absolute Gasteiger partial charge is 0.353 e. The predicted molar refractivity (Wildman–Crippen MR) is 125 cm³/mol. The number of hydrogen-bond acceptors (Lipinski definition) is 7. The molecule has 0 atom stereocenters. The number of carbonyl (C=O) groups excluding carboxylic acids is 3. The maximum absolute atomic E-state index is 12.8. The number of benzene rings is 2. The second-order valence-electron chi connectivity index (χ2n) is 6.67. The molecule has 0 aliphatic carbocycles. The lowest BCUT2D eigenvalue weighted by Gasteiger charge is -2.12. The van der Waals surface area contributed by atoms with Crippen molar-refractivity contribution in [2.75, 3.05) is 7.11 Å². The van der Waals surface area contributed by atoms with E-state index in [1.807, 2.05) is 0 Å². The Bertz CT molecular complexity index is 1210. The number of amides is 2. The van der Waals surface area contributed by atoms with Crippen LogP contribution in [0, 0.1) is 0 Å². The van der Waals surface area contributed by atoms with E-state index < -0.39 is 5.97 Å². The molecule has 2 aromatic carbocycles. The van der Waals surface area contributed by atoms with E-state index in [1.165, 1.54) is 23.3 Å². The van der Waals surface area contributed by atoms with Gasteiger partial charge in [0.05, 0.1) is 18.6 Å². The molecule has 2 amide bonds. The first-order valence-corrected chi connectivity index (χ1v) is 11.5. The SMILES string of the molecule is COc1cc(/C=C2\SC(=O)N(Cc3ccc(Cl)cc3)C2=O)ccc1OC(=O)c1cccs1. The fraction of sp³-hybridized carbons (Fsp3) is 0.0870. The average Bonchev–Trinajstić information content (AvgIpc) is 3.41. The number of esters is 1. The molecule has 1 aliphatic heterocycles. The Balaban J connectivity index is 1.51. The number of thioether (sulfide) groups is 1. The number of imide groups is 1. The summed E-state index contributed by atoms with van der Waals surface area (Å²) >= 11 is 8.05. The van der Waals surface area contributed by atoms with Crippen molar-refractivity contribution < 1.29 is 23.9 Å². The highest BCUT2D eigenvalue weighted by atomic mass is 35.5. The third-order valence-corrected chi connectivity index (χ3v) is 6.55. The number of hydrogen-bond donors (Lipinski definition) is 0. The number of rotatable bonds is 6. The molecule has 1 aliphatic rings. The first-order chi connectivity index (χ1) is 15.4. The van der Waals surface area contributed by atoms with E-state index in [4.69, 9.17) is 21.1 Å². The number of methoxy groups -OCH3 is 1. The quantitative estimate of drug-likeness (QED) is 0.247. The van der Waals surface area contributed by atoms with Crippen molar-refractivity contribution >= 4 is 57.9 Å². The van der Waals surface area contributed by atoms with Gasteiger partial charge >= 0.3 is 5.97 Å². The molecule has 1 saturated heterocycles. The van der Waals surface area contributed by atoms with Gasteiger partial charge in [-0.3, -0.25) is 14.5 Å². The van der Waals surface area contributed by atoms with Gasteiger partial charge in [-0.25, -0.2) is 4.79 Å². The number of nitrogens with zero attached hydrogens (tertiary/aromatic N) is 1. The molecular weight excluding hydrogens is 470 g/mol. The van der Waals surface area contributed by atoms with Crippen LogP contribution < -0.4 is 9.47 Å². The molecule has 1 fully saturated rings. The molecule has 0 unspecified atom stereocenters. The summed E-state index contributed by atoms with van der Waals surface area (Å²) in [6, 6.07) is 15.3. The van der Waals surface area contributed by atoms with E-state index in [0.717, 1.165) is 17.3 Å². The van der Waals surface area contributed by atoms with Gasteiger partial charge in [-0.15, -0.1) is 11.3 Å². The minimum absolute atomic E-state index is 0.167. The maximum Gasteiger partial charge on any atom is 0.353 e. The van der Waals surface area contributed by atoms with Gasteiger partial charge in [0.2, 0.25) is 0 Å². The molecule has 0 radical (unpaired) electrons.